The summed E-state index contributed by atoms with van der Waals surface area (Å²) >= 11 is 0. The number of esters is 1. The van der Waals surface area contributed by atoms with Gasteiger partial charge in [0.2, 0.25) is 0 Å². The Labute approximate surface area is 164 Å². The molecule has 2 aromatic carbocycles. The maximum absolute atomic E-state index is 12.6. The third kappa shape index (κ3) is 3.92. The fourth-order valence-corrected chi connectivity index (χ4v) is 3.16. The lowest BCUT2D eigenvalue weighted by Crippen LogP contribution is -2.31. The number of hydrogen-bond acceptors (Lipinski definition) is 5. The van der Waals surface area contributed by atoms with E-state index < -0.39 is 5.97 Å². The van der Waals surface area contributed by atoms with Crippen molar-refractivity contribution in [2.45, 2.75) is 13.8 Å². The van der Waals surface area contributed by atoms with Crippen molar-refractivity contribution >= 4 is 17.6 Å². The van der Waals surface area contributed by atoms with Gasteiger partial charge in [-0.15, -0.1) is 0 Å². The molecule has 0 saturated heterocycles. The van der Waals surface area contributed by atoms with Crippen molar-refractivity contribution in [1.82, 2.24) is 4.90 Å². The van der Waals surface area contributed by atoms with Crippen LogP contribution in [0, 0.1) is 13.8 Å². The van der Waals surface area contributed by atoms with Gasteiger partial charge in [-0.05, 0) is 48.2 Å². The SMILES string of the molecule is COC(=O)C1=C(Nc2ccc(-c3ccc(C)c(C)c3)cc2)C(=O)N(CCO)C1. The summed E-state index contributed by atoms with van der Waals surface area (Å²) in [6.07, 6.45) is 0. The summed E-state index contributed by atoms with van der Waals surface area (Å²) in [5, 5.41) is 12.2. The summed E-state index contributed by atoms with van der Waals surface area (Å²) < 4.78 is 4.80. The van der Waals surface area contributed by atoms with E-state index in [2.05, 4.69) is 37.4 Å². The van der Waals surface area contributed by atoms with E-state index in [1.54, 1.807) is 0 Å². The average Bonchev–Trinajstić information content (AvgIpc) is 3.00. The molecule has 28 heavy (non-hydrogen) atoms. The zero-order valence-electron chi connectivity index (χ0n) is 16.3. The van der Waals surface area contributed by atoms with Crippen LogP contribution in [0.4, 0.5) is 5.69 Å². The molecule has 0 fully saturated rings. The van der Waals surface area contributed by atoms with Crippen molar-refractivity contribution in [3.8, 4) is 11.1 Å². The Bertz CT molecular complexity index is 932. The molecule has 0 aliphatic carbocycles. The Hall–Kier alpha value is -3.12. The van der Waals surface area contributed by atoms with Gasteiger partial charge >= 0.3 is 5.97 Å². The molecular weight excluding hydrogens is 356 g/mol. The number of β-amino-alcohol motifs (C(OH)–C–C–N with tert-alkyl or cyclic N) is 1. The summed E-state index contributed by atoms with van der Waals surface area (Å²) in [5.74, 6) is -0.879. The van der Waals surface area contributed by atoms with Crippen molar-refractivity contribution in [2.75, 3.05) is 32.1 Å². The van der Waals surface area contributed by atoms with Crippen molar-refractivity contribution < 1.29 is 19.4 Å². The van der Waals surface area contributed by atoms with Crippen molar-refractivity contribution in [2.24, 2.45) is 0 Å². The lowest BCUT2D eigenvalue weighted by molar-refractivity contribution is -0.136. The number of carbonyl (C=O) groups is 2. The number of hydrogen-bond donors (Lipinski definition) is 2. The summed E-state index contributed by atoms with van der Waals surface area (Å²) in [4.78, 5) is 26.0. The predicted molar refractivity (Wildman–Crippen MR) is 108 cm³/mol. The molecule has 0 aromatic heterocycles. The Kier molecular flexibility index (Phi) is 5.80. The minimum absolute atomic E-state index is 0.120. The van der Waals surface area contributed by atoms with E-state index in [9.17, 15) is 9.59 Å². The molecular formula is C22H24N2O4. The first-order valence-electron chi connectivity index (χ1n) is 9.11. The third-order valence-electron chi connectivity index (χ3n) is 4.95. The predicted octanol–water partition coefficient (Wildman–Crippen LogP) is 2.64. The first kappa shape index (κ1) is 19.6. The minimum Gasteiger partial charge on any atom is -0.466 e. The molecule has 6 nitrogen and oxygen atoms in total. The first-order chi connectivity index (χ1) is 13.4. The van der Waals surface area contributed by atoms with Crippen LogP contribution in [-0.4, -0.2) is 48.7 Å². The molecule has 0 unspecified atom stereocenters. The second kappa shape index (κ2) is 8.27. The highest BCUT2D eigenvalue weighted by molar-refractivity contribution is 6.08. The molecule has 2 N–H and O–H groups in total. The summed E-state index contributed by atoms with van der Waals surface area (Å²) in [6.45, 7) is 4.28. The van der Waals surface area contributed by atoms with E-state index in [0.29, 0.717) is 5.69 Å². The lowest BCUT2D eigenvalue weighted by atomic mass is 10.0. The molecule has 0 radical (unpaired) electrons. The second-order valence-electron chi connectivity index (χ2n) is 6.80. The average molecular weight is 380 g/mol. The van der Waals surface area contributed by atoms with Crippen LogP contribution in [0.2, 0.25) is 0 Å². The molecule has 1 aliphatic heterocycles. The molecule has 6 heteroatoms. The topological polar surface area (TPSA) is 78.9 Å². The zero-order valence-corrected chi connectivity index (χ0v) is 16.3. The van der Waals surface area contributed by atoms with Crippen molar-refractivity contribution in [3.05, 3.63) is 64.9 Å². The van der Waals surface area contributed by atoms with Gasteiger partial charge in [0.25, 0.3) is 5.91 Å². The molecule has 1 amide bonds. The van der Waals surface area contributed by atoms with Gasteiger partial charge in [0.1, 0.15) is 5.70 Å². The van der Waals surface area contributed by atoms with Crippen LogP contribution in [0.25, 0.3) is 11.1 Å². The van der Waals surface area contributed by atoms with Gasteiger partial charge < -0.3 is 20.1 Å². The Morgan fingerprint density at radius 3 is 2.39 bits per heavy atom. The van der Waals surface area contributed by atoms with Gasteiger partial charge in [-0.25, -0.2) is 4.79 Å². The zero-order chi connectivity index (χ0) is 20.3. The van der Waals surface area contributed by atoms with Gasteiger partial charge in [0.05, 0.1) is 25.8 Å². The largest absolute Gasteiger partial charge is 0.466 e. The van der Waals surface area contributed by atoms with E-state index in [1.165, 1.54) is 23.1 Å². The van der Waals surface area contributed by atoms with E-state index in [0.717, 1.165) is 11.1 Å². The van der Waals surface area contributed by atoms with E-state index in [-0.39, 0.29) is 36.9 Å². The summed E-state index contributed by atoms with van der Waals surface area (Å²) in [6, 6.07) is 14.0. The van der Waals surface area contributed by atoms with Crippen LogP contribution >= 0.6 is 0 Å². The number of aliphatic hydroxyl groups is 1. The van der Waals surface area contributed by atoms with Crippen LogP contribution < -0.4 is 5.32 Å². The van der Waals surface area contributed by atoms with Crippen LogP contribution in [0.1, 0.15) is 11.1 Å². The normalized spacial score (nSPS) is 13.9. The molecule has 0 spiro atoms. The number of aliphatic hydroxyl groups excluding tert-OH is 1. The molecule has 2 aromatic rings. The number of benzene rings is 2. The number of carbonyl (C=O) groups excluding carboxylic acids is 2. The number of ether oxygens (including phenoxy) is 1. The number of nitrogens with zero attached hydrogens (tertiary/aromatic N) is 1. The van der Waals surface area contributed by atoms with Crippen LogP contribution in [0.5, 0.6) is 0 Å². The summed E-state index contributed by atoms with van der Waals surface area (Å²) in [7, 11) is 1.28. The quantitative estimate of drug-likeness (QED) is 0.754. The first-order valence-corrected chi connectivity index (χ1v) is 9.11. The van der Waals surface area contributed by atoms with Gasteiger partial charge in [-0.2, -0.15) is 0 Å². The van der Waals surface area contributed by atoms with E-state index in [1.807, 2.05) is 24.3 Å². The highest BCUT2D eigenvalue weighted by Gasteiger charge is 2.34. The van der Waals surface area contributed by atoms with E-state index in [4.69, 9.17) is 9.84 Å². The molecule has 0 atom stereocenters. The maximum Gasteiger partial charge on any atom is 0.337 e. The Morgan fingerprint density at radius 2 is 1.79 bits per heavy atom. The molecule has 0 bridgehead atoms. The van der Waals surface area contributed by atoms with E-state index >= 15 is 0 Å². The number of nitrogens with one attached hydrogen (secondary N) is 1. The van der Waals surface area contributed by atoms with Gasteiger partial charge in [0.15, 0.2) is 0 Å². The second-order valence-corrected chi connectivity index (χ2v) is 6.80. The highest BCUT2D eigenvalue weighted by Crippen LogP contribution is 2.26. The van der Waals surface area contributed by atoms with Crippen molar-refractivity contribution in [3.63, 3.8) is 0 Å². The number of amides is 1. The number of anilines is 1. The standard InChI is InChI=1S/C22H24N2O4/c1-14-4-5-17(12-15(14)2)16-6-8-18(9-7-16)23-20-19(22(27)28-3)13-24(10-11-25)21(20)26/h4-9,12,23,25H,10-11,13H2,1-3H3. The fraction of sp³-hybridized carbons (Fsp3) is 0.273. The molecule has 1 aliphatic rings. The smallest absolute Gasteiger partial charge is 0.337 e. The minimum atomic E-state index is -0.553. The number of methoxy groups -OCH3 is 1. The van der Waals surface area contributed by atoms with Crippen LogP contribution in [-0.2, 0) is 14.3 Å². The molecule has 0 saturated carbocycles. The monoisotopic (exact) mass is 380 g/mol. The Morgan fingerprint density at radius 1 is 1.11 bits per heavy atom. The number of rotatable bonds is 6. The number of aryl methyl sites for hydroxylation is 2. The lowest BCUT2D eigenvalue weighted by Gasteiger charge is -2.15. The Balaban J connectivity index is 1.84. The molecule has 146 valence electrons. The van der Waals surface area contributed by atoms with Gasteiger partial charge in [-0.1, -0.05) is 30.3 Å². The van der Waals surface area contributed by atoms with Crippen LogP contribution in [0.15, 0.2) is 53.7 Å². The fourth-order valence-electron chi connectivity index (χ4n) is 3.16. The molecule has 3 rings (SSSR count). The van der Waals surface area contributed by atoms with Gasteiger partial charge in [-0.3, -0.25) is 4.79 Å². The third-order valence-corrected chi connectivity index (χ3v) is 4.95. The summed E-state index contributed by atoms with van der Waals surface area (Å²) in [5.41, 5.74) is 5.82. The van der Waals surface area contributed by atoms with Gasteiger partial charge in [0, 0.05) is 12.2 Å². The van der Waals surface area contributed by atoms with Crippen molar-refractivity contribution in [1.29, 1.82) is 0 Å². The molecule has 1 heterocycles. The highest BCUT2D eigenvalue weighted by atomic mass is 16.5. The maximum atomic E-state index is 12.6. The van der Waals surface area contributed by atoms with Crippen LogP contribution in [0.3, 0.4) is 0 Å².